The van der Waals surface area contributed by atoms with E-state index < -0.39 is 0 Å². The summed E-state index contributed by atoms with van der Waals surface area (Å²) in [5, 5.41) is 0. The van der Waals surface area contributed by atoms with E-state index in [2.05, 4.69) is 18.8 Å². The standard InChI is InChI=1S/C20H25N3O2/c1-14(2)23-9-5-6-17(20(23)24)10-16-7-8-18(19(11-16)25-4)22-12-15(3)21-13-22/h7-8,10-14H,5-6,9H2,1-4H3/b17-10+. The van der Waals surface area contributed by atoms with Gasteiger partial charge >= 0.3 is 0 Å². The Morgan fingerprint density at radius 1 is 1.32 bits per heavy atom. The van der Waals surface area contributed by atoms with Crippen molar-refractivity contribution in [3.8, 4) is 11.4 Å². The first-order chi connectivity index (χ1) is 12.0. The number of ether oxygens (including phenoxy) is 1. The molecule has 25 heavy (non-hydrogen) atoms. The highest BCUT2D eigenvalue weighted by molar-refractivity contribution is 5.98. The number of carbonyl (C=O) groups is 1. The lowest BCUT2D eigenvalue weighted by molar-refractivity contribution is -0.130. The Bertz CT molecular complexity index is 805. The van der Waals surface area contributed by atoms with Gasteiger partial charge in [-0.1, -0.05) is 6.07 Å². The van der Waals surface area contributed by atoms with Crippen LogP contribution in [-0.2, 0) is 4.79 Å². The fourth-order valence-electron chi connectivity index (χ4n) is 3.21. The van der Waals surface area contributed by atoms with Gasteiger partial charge in [0.05, 0.1) is 24.8 Å². The minimum Gasteiger partial charge on any atom is -0.495 e. The van der Waals surface area contributed by atoms with Crippen molar-refractivity contribution in [1.29, 1.82) is 0 Å². The Morgan fingerprint density at radius 3 is 2.76 bits per heavy atom. The van der Waals surface area contributed by atoms with Crippen molar-refractivity contribution in [2.45, 2.75) is 39.7 Å². The van der Waals surface area contributed by atoms with Gasteiger partial charge < -0.3 is 14.2 Å². The molecule has 132 valence electrons. The van der Waals surface area contributed by atoms with E-state index in [4.69, 9.17) is 4.74 Å². The van der Waals surface area contributed by atoms with Gasteiger partial charge in [0.25, 0.3) is 0 Å². The number of benzene rings is 1. The predicted molar refractivity (Wildman–Crippen MR) is 98.9 cm³/mol. The van der Waals surface area contributed by atoms with Gasteiger partial charge in [-0.25, -0.2) is 4.98 Å². The molecular weight excluding hydrogens is 314 g/mol. The number of aryl methyl sites for hydroxylation is 1. The van der Waals surface area contributed by atoms with Crippen molar-refractivity contribution in [2.24, 2.45) is 0 Å². The number of carbonyl (C=O) groups excluding carboxylic acids is 1. The summed E-state index contributed by atoms with van der Waals surface area (Å²) >= 11 is 0. The Morgan fingerprint density at radius 2 is 2.12 bits per heavy atom. The largest absolute Gasteiger partial charge is 0.495 e. The second-order valence-electron chi connectivity index (χ2n) is 6.72. The van der Waals surface area contributed by atoms with Gasteiger partial charge in [0.15, 0.2) is 0 Å². The first-order valence-electron chi connectivity index (χ1n) is 8.70. The number of rotatable bonds is 4. The number of amides is 1. The average Bonchev–Trinajstić information content (AvgIpc) is 3.02. The molecule has 2 aromatic rings. The van der Waals surface area contributed by atoms with Gasteiger partial charge in [0, 0.05) is 24.4 Å². The molecular formula is C20H25N3O2. The van der Waals surface area contributed by atoms with Gasteiger partial charge in [-0.15, -0.1) is 0 Å². The minimum atomic E-state index is 0.148. The van der Waals surface area contributed by atoms with Crippen LogP contribution in [-0.4, -0.2) is 40.1 Å². The summed E-state index contributed by atoms with van der Waals surface area (Å²) in [4.78, 5) is 18.8. The summed E-state index contributed by atoms with van der Waals surface area (Å²) in [5.41, 5.74) is 3.73. The van der Waals surface area contributed by atoms with E-state index in [0.717, 1.165) is 47.7 Å². The van der Waals surface area contributed by atoms with Crippen LogP contribution in [0.5, 0.6) is 5.75 Å². The number of piperidine rings is 1. The Kier molecular flexibility index (Phi) is 4.93. The zero-order valence-electron chi connectivity index (χ0n) is 15.3. The van der Waals surface area contributed by atoms with E-state index in [9.17, 15) is 4.79 Å². The second kappa shape index (κ2) is 7.13. The van der Waals surface area contributed by atoms with Crippen LogP contribution in [0.2, 0.25) is 0 Å². The van der Waals surface area contributed by atoms with Crippen molar-refractivity contribution < 1.29 is 9.53 Å². The van der Waals surface area contributed by atoms with Crippen molar-refractivity contribution in [3.05, 3.63) is 47.6 Å². The molecule has 0 bridgehead atoms. The van der Waals surface area contributed by atoms with Crippen LogP contribution in [0.1, 0.15) is 37.9 Å². The topological polar surface area (TPSA) is 47.4 Å². The summed E-state index contributed by atoms with van der Waals surface area (Å²) < 4.78 is 7.49. The summed E-state index contributed by atoms with van der Waals surface area (Å²) in [6.07, 6.45) is 7.56. The fourth-order valence-corrected chi connectivity index (χ4v) is 3.21. The SMILES string of the molecule is COc1cc(/C=C2\CCCN(C(C)C)C2=O)ccc1-n1cnc(C)c1. The maximum Gasteiger partial charge on any atom is 0.250 e. The summed E-state index contributed by atoms with van der Waals surface area (Å²) in [5.74, 6) is 0.908. The molecule has 1 aromatic heterocycles. The van der Waals surface area contributed by atoms with Crippen LogP contribution in [0.15, 0.2) is 36.3 Å². The van der Waals surface area contributed by atoms with E-state index in [-0.39, 0.29) is 11.9 Å². The zero-order valence-corrected chi connectivity index (χ0v) is 15.3. The Balaban J connectivity index is 1.92. The molecule has 1 aliphatic rings. The maximum atomic E-state index is 12.6. The Labute approximate surface area is 148 Å². The smallest absolute Gasteiger partial charge is 0.250 e. The minimum absolute atomic E-state index is 0.148. The van der Waals surface area contributed by atoms with Crippen molar-refractivity contribution in [2.75, 3.05) is 13.7 Å². The third kappa shape index (κ3) is 3.60. The molecule has 0 radical (unpaired) electrons. The van der Waals surface area contributed by atoms with Gasteiger partial charge in [0.1, 0.15) is 5.75 Å². The number of hydrogen-bond donors (Lipinski definition) is 0. The quantitative estimate of drug-likeness (QED) is 0.800. The Hall–Kier alpha value is -2.56. The van der Waals surface area contributed by atoms with Crippen molar-refractivity contribution in [3.63, 3.8) is 0 Å². The van der Waals surface area contributed by atoms with Crippen LogP contribution in [0.25, 0.3) is 11.8 Å². The van der Waals surface area contributed by atoms with E-state index in [1.54, 1.807) is 13.4 Å². The highest BCUT2D eigenvalue weighted by Crippen LogP contribution is 2.27. The molecule has 0 saturated carbocycles. The van der Waals surface area contributed by atoms with E-state index >= 15 is 0 Å². The summed E-state index contributed by atoms with van der Waals surface area (Å²) in [6, 6.07) is 6.22. The third-order valence-corrected chi connectivity index (χ3v) is 4.54. The molecule has 0 N–H and O–H groups in total. The van der Waals surface area contributed by atoms with E-state index in [0.29, 0.717) is 0 Å². The van der Waals surface area contributed by atoms with Crippen LogP contribution in [0.3, 0.4) is 0 Å². The highest BCUT2D eigenvalue weighted by Gasteiger charge is 2.24. The fraction of sp³-hybridized carbons (Fsp3) is 0.400. The molecule has 3 rings (SSSR count). The molecule has 5 heteroatoms. The van der Waals surface area contributed by atoms with Gasteiger partial charge in [0.2, 0.25) is 5.91 Å². The third-order valence-electron chi connectivity index (χ3n) is 4.54. The maximum absolute atomic E-state index is 12.6. The first-order valence-corrected chi connectivity index (χ1v) is 8.70. The molecule has 1 saturated heterocycles. The number of imidazole rings is 1. The highest BCUT2D eigenvalue weighted by atomic mass is 16.5. The van der Waals surface area contributed by atoms with Crippen LogP contribution >= 0.6 is 0 Å². The van der Waals surface area contributed by atoms with E-state index in [1.807, 2.05) is 46.9 Å². The molecule has 1 fully saturated rings. The lowest BCUT2D eigenvalue weighted by Crippen LogP contribution is -2.41. The van der Waals surface area contributed by atoms with Gasteiger partial charge in [-0.3, -0.25) is 4.79 Å². The number of likely N-dealkylation sites (tertiary alicyclic amines) is 1. The molecule has 0 aliphatic carbocycles. The lowest BCUT2D eigenvalue weighted by Gasteiger charge is -2.31. The summed E-state index contributed by atoms with van der Waals surface area (Å²) in [7, 11) is 1.66. The molecule has 0 unspecified atom stereocenters. The normalized spacial score (nSPS) is 16.8. The number of methoxy groups -OCH3 is 1. The molecule has 0 spiro atoms. The number of nitrogens with zero attached hydrogens (tertiary/aromatic N) is 3. The van der Waals surface area contributed by atoms with E-state index in [1.165, 1.54) is 0 Å². The van der Waals surface area contributed by atoms with Crippen molar-refractivity contribution >= 4 is 12.0 Å². The second-order valence-corrected chi connectivity index (χ2v) is 6.72. The molecule has 1 amide bonds. The monoisotopic (exact) mass is 339 g/mol. The first kappa shape index (κ1) is 17.3. The van der Waals surface area contributed by atoms with Gasteiger partial charge in [-0.2, -0.15) is 0 Å². The molecule has 5 nitrogen and oxygen atoms in total. The molecule has 1 aliphatic heterocycles. The molecule has 2 heterocycles. The van der Waals surface area contributed by atoms with Crippen LogP contribution in [0.4, 0.5) is 0 Å². The molecule has 0 atom stereocenters. The predicted octanol–water partition coefficient (Wildman–Crippen LogP) is 3.60. The number of hydrogen-bond acceptors (Lipinski definition) is 3. The number of aromatic nitrogens is 2. The van der Waals surface area contributed by atoms with Crippen LogP contribution in [0, 0.1) is 6.92 Å². The lowest BCUT2D eigenvalue weighted by atomic mass is 9.99. The molecule has 1 aromatic carbocycles. The average molecular weight is 339 g/mol. The van der Waals surface area contributed by atoms with Crippen molar-refractivity contribution in [1.82, 2.24) is 14.5 Å². The van der Waals surface area contributed by atoms with Crippen LogP contribution < -0.4 is 4.74 Å². The zero-order chi connectivity index (χ0) is 18.0. The summed E-state index contributed by atoms with van der Waals surface area (Å²) in [6.45, 7) is 6.92. The van der Waals surface area contributed by atoms with Gasteiger partial charge in [-0.05, 0) is 57.4 Å².